The van der Waals surface area contributed by atoms with Crippen molar-refractivity contribution in [3.8, 4) is 5.75 Å². The van der Waals surface area contributed by atoms with E-state index < -0.39 is 23.9 Å². The number of piperidine rings is 1. The van der Waals surface area contributed by atoms with Crippen LogP contribution in [0.4, 0.5) is 18.9 Å². The van der Waals surface area contributed by atoms with Crippen LogP contribution in [0.25, 0.3) is 0 Å². The molecule has 1 heterocycles. The molecule has 1 unspecified atom stereocenters. The topological polar surface area (TPSA) is 58.6 Å². The molecule has 0 aliphatic carbocycles. The molecule has 0 radical (unpaired) electrons. The Labute approximate surface area is 131 Å². The van der Waals surface area contributed by atoms with Crippen LogP contribution < -0.4 is 10.1 Å². The molecule has 8 heteroatoms. The van der Waals surface area contributed by atoms with Crippen molar-refractivity contribution in [3.63, 3.8) is 0 Å². The third kappa shape index (κ3) is 4.14. The van der Waals surface area contributed by atoms with Crippen molar-refractivity contribution < 1.29 is 27.5 Å². The fourth-order valence-corrected chi connectivity index (χ4v) is 2.54. The summed E-state index contributed by atoms with van der Waals surface area (Å²) in [5.74, 6) is -2.54. The average Bonchev–Trinajstić information content (AvgIpc) is 2.54. The van der Waals surface area contributed by atoms with Gasteiger partial charge < -0.3 is 15.0 Å². The predicted octanol–water partition coefficient (Wildman–Crippen LogP) is 2.43. The van der Waals surface area contributed by atoms with Gasteiger partial charge in [0.15, 0.2) is 0 Å². The third-order valence-corrected chi connectivity index (χ3v) is 3.69. The summed E-state index contributed by atoms with van der Waals surface area (Å²) in [4.78, 5) is 24.3. The monoisotopic (exact) mass is 330 g/mol. The summed E-state index contributed by atoms with van der Waals surface area (Å²) in [5.41, 5.74) is 0.444. The first-order chi connectivity index (χ1) is 10.8. The number of benzene rings is 1. The van der Waals surface area contributed by atoms with Crippen LogP contribution in [0.2, 0.25) is 0 Å². The van der Waals surface area contributed by atoms with Gasteiger partial charge in [-0.15, -0.1) is 0 Å². The largest absolute Gasteiger partial charge is 0.495 e. The smallest absolute Gasteiger partial charge is 0.471 e. The number of amides is 2. The number of nitrogens with one attached hydrogen (secondary N) is 1. The fraction of sp³-hybridized carbons (Fsp3) is 0.467. The number of alkyl halides is 3. The van der Waals surface area contributed by atoms with Gasteiger partial charge in [-0.3, -0.25) is 9.59 Å². The SMILES string of the molecule is COc1ccccc1NC(=O)C1CCCN(C(=O)C(F)(F)F)C1. The molecule has 1 aliphatic rings. The van der Waals surface area contributed by atoms with Gasteiger partial charge in [0.2, 0.25) is 5.91 Å². The molecule has 0 bridgehead atoms. The van der Waals surface area contributed by atoms with Crippen molar-refractivity contribution in [2.45, 2.75) is 19.0 Å². The first-order valence-electron chi connectivity index (χ1n) is 7.13. The zero-order valence-electron chi connectivity index (χ0n) is 12.5. The molecular weight excluding hydrogens is 313 g/mol. The van der Waals surface area contributed by atoms with Crippen LogP contribution in [0.15, 0.2) is 24.3 Å². The van der Waals surface area contributed by atoms with Crippen molar-refractivity contribution in [2.24, 2.45) is 5.92 Å². The number of likely N-dealkylation sites (tertiary alicyclic amines) is 1. The molecule has 1 aliphatic heterocycles. The molecule has 1 aromatic rings. The number of hydrogen-bond donors (Lipinski definition) is 1. The highest BCUT2D eigenvalue weighted by atomic mass is 19.4. The summed E-state index contributed by atoms with van der Waals surface area (Å²) in [7, 11) is 1.45. The van der Waals surface area contributed by atoms with Gasteiger partial charge in [-0.05, 0) is 25.0 Å². The quantitative estimate of drug-likeness (QED) is 0.926. The number of nitrogens with zero attached hydrogens (tertiary/aromatic N) is 1. The van der Waals surface area contributed by atoms with Crippen LogP contribution in [-0.2, 0) is 9.59 Å². The van der Waals surface area contributed by atoms with Crippen LogP contribution in [0.1, 0.15) is 12.8 Å². The third-order valence-electron chi connectivity index (χ3n) is 3.69. The van der Waals surface area contributed by atoms with Gasteiger partial charge >= 0.3 is 12.1 Å². The van der Waals surface area contributed by atoms with E-state index in [4.69, 9.17) is 4.74 Å². The van der Waals surface area contributed by atoms with E-state index >= 15 is 0 Å². The summed E-state index contributed by atoms with van der Waals surface area (Å²) < 4.78 is 42.6. The molecule has 2 rings (SSSR count). The fourth-order valence-electron chi connectivity index (χ4n) is 2.54. The van der Waals surface area contributed by atoms with Crippen LogP contribution >= 0.6 is 0 Å². The van der Waals surface area contributed by atoms with E-state index in [-0.39, 0.29) is 13.1 Å². The lowest BCUT2D eigenvalue weighted by atomic mass is 9.97. The molecule has 1 N–H and O–H groups in total. The van der Waals surface area contributed by atoms with E-state index in [2.05, 4.69) is 5.32 Å². The van der Waals surface area contributed by atoms with Crippen molar-refractivity contribution in [1.29, 1.82) is 0 Å². The second kappa shape index (κ2) is 6.89. The summed E-state index contributed by atoms with van der Waals surface area (Å²) in [6.07, 6.45) is -4.13. The Bertz CT molecular complexity index is 590. The maximum absolute atomic E-state index is 12.5. The van der Waals surface area contributed by atoms with E-state index in [1.165, 1.54) is 7.11 Å². The van der Waals surface area contributed by atoms with E-state index in [0.29, 0.717) is 29.2 Å². The Morgan fingerprint density at radius 3 is 2.65 bits per heavy atom. The van der Waals surface area contributed by atoms with E-state index in [0.717, 1.165) is 0 Å². The summed E-state index contributed by atoms with van der Waals surface area (Å²) in [5, 5.41) is 2.65. The number of carbonyl (C=O) groups excluding carboxylic acids is 2. The lowest BCUT2D eigenvalue weighted by molar-refractivity contribution is -0.187. The normalized spacial score (nSPS) is 18.4. The van der Waals surface area contributed by atoms with Gasteiger partial charge in [0.25, 0.3) is 0 Å². The molecule has 5 nitrogen and oxygen atoms in total. The maximum Gasteiger partial charge on any atom is 0.471 e. The molecule has 23 heavy (non-hydrogen) atoms. The minimum absolute atomic E-state index is 0.0107. The highest BCUT2D eigenvalue weighted by Gasteiger charge is 2.44. The summed E-state index contributed by atoms with van der Waals surface area (Å²) in [6.45, 7) is -0.226. The van der Waals surface area contributed by atoms with E-state index in [1.54, 1.807) is 24.3 Å². The second-order valence-electron chi connectivity index (χ2n) is 5.28. The average molecular weight is 330 g/mol. The predicted molar refractivity (Wildman–Crippen MR) is 77.0 cm³/mol. The molecule has 126 valence electrons. The first-order valence-corrected chi connectivity index (χ1v) is 7.13. The molecule has 0 spiro atoms. The number of anilines is 1. The summed E-state index contributed by atoms with van der Waals surface area (Å²) >= 11 is 0. The number of ether oxygens (including phenoxy) is 1. The second-order valence-corrected chi connectivity index (χ2v) is 5.28. The molecule has 0 aromatic heterocycles. The molecule has 2 amide bonds. The Balaban J connectivity index is 2.03. The van der Waals surface area contributed by atoms with Gasteiger partial charge in [-0.25, -0.2) is 0 Å². The molecule has 1 fully saturated rings. The van der Waals surface area contributed by atoms with Gasteiger partial charge in [-0.2, -0.15) is 13.2 Å². The van der Waals surface area contributed by atoms with E-state index in [9.17, 15) is 22.8 Å². The lowest BCUT2D eigenvalue weighted by Gasteiger charge is -2.32. The number of methoxy groups -OCH3 is 1. The van der Waals surface area contributed by atoms with Crippen LogP contribution in [-0.4, -0.2) is 43.1 Å². The molecule has 1 aromatic carbocycles. The van der Waals surface area contributed by atoms with Gasteiger partial charge in [0.1, 0.15) is 5.75 Å². The Hall–Kier alpha value is -2.25. The molecule has 1 saturated heterocycles. The maximum atomic E-state index is 12.5. The van der Waals surface area contributed by atoms with Crippen LogP contribution in [0.3, 0.4) is 0 Å². The van der Waals surface area contributed by atoms with Gasteiger partial charge in [0.05, 0.1) is 18.7 Å². The van der Waals surface area contributed by atoms with E-state index in [1.807, 2.05) is 0 Å². The van der Waals surface area contributed by atoms with Crippen molar-refractivity contribution in [3.05, 3.63) is 24.3 Å². The summed E-state index contributed by atoms with van der Waals surface area (Å²) in [6, 6.07) is 6.74. The standard InChI is InChI=1S/C15H17F3N2O3/c1-23-12-7-3-2-6-11(12)19-13(21)10-5-4-8-20(9-10)14(22)15(16,17)18/h2-3,6-7,10H,4-5,8-9H2,1H3,(H,19,21). The first kappa shape index (κ1) is 17.1. The number of carbonyl (C=O) groups is 2. The molecular formula is C15H17F3N2O3. The number of para-hydroxylation sites is 2. The number of hydrogen-bond acceptors (Lipinski definition) is 3. The Kier molecular flexibility index (Phi) is 5.12. The minimum Gasteiger partial charge on any atom is -0.495 e. The van der Waals surface area contributed by atoms with Crippen LogP contribution in [0, 0.1) is 5.92 Å². The molecule has 0 saturated carbocycles. The zero-order chi connectivity index (χ0) is 17.0. The Morgan fingerprint density at radius 2 is 2.00 bits per heavy atom. The van der Waals surface area contributed by atoms with Gasteiger partial charge in [-0.1, -0.05) is 12.1 Å². The zero-order valence-corrected chi connectivity index (χ0v) is 12.5. The molecule has 1 atom stereocenters. The minimum atomic E-state index is -4.92. The lowest BCUT2D eigenvalue weighted by Crippen LogP contribution is -2.48. The number of rotatable bonds is 3. The van der Waals surface area contributed by atoms with Crippen molar-refractivity contribution >= 4 is 17.5 Å². The highest BCUT2D eigenvalue weighted by molar-refractivity contribution is 5.94. The van der Waals surface area contributed by atoms with Crippen molar-refractivity contribution in [2.75, 3.05) is 25.5 Å². The Morgan fingerprint density at radius 1 is 1.30 bits per heavy atom. The van der Waals surface area contributed by atoms with Gasteiger partial charge in [0, 0.05) is 13.1 Å². The van der Waals surface area contributed by atoms with Crippen LogP contribution in [0.5, 0.6) is 5.75 Å². The highest BCUT2D eigenvalue weighted by Crippen LogP contribution is 2.27. The van der Waals surface area contributed by atoms with Crippen molar-refractivity contribution in [1.82, 2.24) is 4.90 Å². The number of halogens is 3.